The normalized spacial score (nSPS) is 11.9. The number of aliphatic hydroxyl groups is 1. The van der Waals surface area contributed by atoms with E-state index in [9.17, 15) is 9.90 Å². The molecule has 0 radical (unpaired) electrons. The Balaban J connectivity index is 1.55. The fraction of sp³-hybridized carbons (Fsp3) is 0.190. The Labute approximate surface area is 147 Å². The van der Waals surface area contributed by atoms with Crippen molar-refractivity contribution in [1.82, 2.24) is 5.32 Å². The number of carbonyl (C=O) groups is 1. The van der Waals surface area contributed by atoms with E-state index in [-0.39, 0.29) is 6.03 Å². The van der Waals surface area contributed by atoms with Gasteiger partial charge in [-0.1, -0.05) is 54.6 Å². The van der Waals surface area contributed by atoms with E-state index in [2.05, 4.69) is 10.6 Å². The average molecular weight is 334 g/mol. The van der Waals surface area contributed by atoms with Crippen molar-refractivity contribution in [2.75, 3.05) is 11.9 Å². The van der Waals surface area contributed by atoms with E-state index in [1.807, 2.05) is 73.7 Å². The largest absolute Gasteiger partial charge is 0.388 e. The highest BCUT2D eigenvalue weighted by atomic mass is 16.3. The van der Waals surface area contributed by atoms with Gasteiger partial charge in [0.1, 0.15) is 0 Å². The van der Waals surface area contributed by atoms with Crippen LogP contribution >= 0.6 is 0 Å². The van der Waals surface area contributed by atoms with Crippen LogP contribution in [0.3, 0.4) is 0 Å². The minimum Gasteiger partial charge on any atom is -0.388 e. The van der Waals surface area contributed by atoms with Crippen LogP contribution < -0.4 is 10.6 Å². The van der Waals surface area contributed by atoms with Gasteiger partial charge in [0.15, 0.2) is 0 Å². The molecule has 1 atom stereocenters. The molecule has 25 heavy (non-hydrogen) atoms. The molecule has 3 aromatic carbocycles. The van der Waals surface area contributed by atoms with Gasteiger partial charge in [-0.05, 0) is 47.4 Å². The Morgan fingerprint density at radius 2 is 1.80 bits per heavy atom. The first-order valence-corrected chi connectivity index (χ1v) is 8.41. The summed E-state index contributed by atoms with van der Waals surface area (Å²) in [5, 5.41) is 18.2. The van der Waals surface area contributed by atoms with Crippen LogP contribution in [-0.4, -0.2) is 17.7 Å². The summed E-state index contributed by atoms with van der Waals surface area (Å²) >= 11 is 0. The van der Waals surface area contributed by atoms with Gasteiger partial charge in [0.25, 0.3) is 0 Å². The molecule has 4 heteroatoms. The maximum atomic E-state index is 12.0. The second-order valence-electron chi connectivity index (χ2n) is 6.12. The van der Waals surface area contributed by atoms with Gasteiger partial charge in [-0.3, -0.25) is 0 Å². The summed E-state index contributed by atoms with van der Waals surface area (Å²) in [5.74, 6) is 0. The molecule has 0 saturated carbocycles. The molecule has 1 unspecified atom stereocenters. The molecule has 0 aliphatic heterocycles. The van der Waals surface area contributed by atoms with Crippen molar-refractivity contribution in [3.8, 4) is 0 Å². The Hall–Kier alpha value is -2.85. The summed E-state index contributed by atoms with van der Waals surface area (Å²) in [5.41, 5.74) is 2.73. The van der Waals surface area contributed by atoms with Crippen molar-refractivity contribution in [1.29, 1.82) is 0 Å². The van der Waals surface area contributed by atoms with Crippen molar-refractivity contribution in [2.24, 2.45) is 0 Å². The minimum absolute atomic E-state index is 0.268. The van der Waals surface area contributed by atoms with Crippen LogP contribution in [0, 0.1) is 6.92 Å². The molecule has 128 valence electrons. The van der Waals surface area contributed by atoms with Crippen LogP contribution in [-0.2, 0) is 0 Å². The SMILES string of the molecule is Cc1cccc(NC(=O)NCCC(O)c2cccc3ccccc23)c1. The van der Waals surface area contributed by atoms with Crippen molar-refractivity contribution in [3.63, 3.8) is 0 Å². The monoisotopic (exact) mass is 334 g/mol. The van der Waals surface area contributed by atoms with Crippen molar-refractivity contribution in [2.45, 2.75) is 19.4 Å². The third kappa shape index (κ3) is 4.37. The lowest BCUT2D eigenvalue weighted by atomic mass is 9.99. The lowest BCUT2D eigenvalue weighted by Crippen LogP contribution is -2.30. The zero-order valence-corrected chi connectivity index (χ0v) is 14.2. The molecular formula is C21H22N2O2. The highest BCUT2D eigenvalue weighted by molar-refractivity contribution is 5.89. The van der Waals surface area contributed by atoms with Gasteiger partial charge in [-0.2, -0.15) is 0 Å². The fourth-order valence-corrected chi connectivity index (χ4v) is 2.92. The number of rotatable bonds is 5. The topological polar surface area (TPSA) is 61.4 Å². The van der Waals surface area contributed by atoms with E-state index < -0.39 is 6.10 Å². The quantitative estimate of drug-likeness (QED) is 0.648. The van der Waals surface area contributed by atoms with Crippen LogP contribution in [0.15, 0.2) is 66.7 Å². The second-order valence-corrected chi connectivity index (χ2v) is 6.12. The molecule has 0 aliphatic carbocycles. The van der Waals surface area contributed by atoms with Crippen molar-refractivity contribution in [3.05, 3.63) is 77.9 Å². The van der Waals surface area contributed by atoms with Crippen molar-refractivity contribution >= 4 is 22.5 Å². The minimum atomic E-state index is -0.620. The predicted octanol–water partition coefficient (Wildman–Crippen LogP) is 4.39. The number of anilines is 1. The zero-order chi connectivity index (χ0) is 17.6. The maximum Gasteiger partial charge on any atom is 0.319 e. The molecule has 0 aromatic heterocycles. The molecule has 2 amide bonds. The molecule has 0 bridgehead atoms. The number of urea groups is 1. The van der Waals surface area contributed by atoms with Crippen LogP contribution in [0.5, 0.6) is 0 Å². The lowest BCUT2D eigenvalue weighted by molar-refractivity contribution is 0.169. The van der Waals surface area contributed by atoms with Crippen LogP contribution in [0.1, 0.15) is 23.7 Å². The Bertz CT molecular complexity index is 871. The molecule has 0 aliphatic rings. The van der Waals surface area contributed by atoms with Crippen molar-refractivity contribution < 1.29 is 9.90 Å². The van der Waals surface area contributed by atoms with Gasteiger partial charge in [-0.25, -0.2) is 4.79 Å². The highest BCUT2D eigenvalue weighted by Gasteiger charge is 2.11. The first-order chi connectivity index (χ1) is 12.1. The average Bonchev–Trinajstić information content (AvgIpc) is 2.61. The van der Waals surface area contributed by atoms with E-state index in [1.165, 1.54) is 0 Å². The number of fused-ring (bicyclic) bond motifs is 1. The number of aryl methyl sites for hydroxylation is 1. The summed E-state index contributed by atoms with van der Waals surface area (Å²) in [6.07, 6.45) is -0.166. The third-order valence-electron chi connectivity index (χ3n) is 4.16. The van der Waals surface area contributed by atoms with Gasteiger partial charge in [0, 0.05) is 12.2 Å². The molecule has 3 rings (SSSR count). The van der Waals surface area contributed by atoms with E-state index in [1.54, 1.807) is 0 Å². The van der Waals surface area contributed by atoms with Gasteiger partial charge >= 0.3 is 6.03 Å². The maximum absolute atomic E-state index is 12.0. The molecular weight excluding hydrogens is 312 g/mol. The van der Waals surface area contributed by atoms with Gasteiger partial charge in [0.2, 0.25) is 0 Å². The number of hydrogen-bond donors (Lipinski definition) is 3. The Morgan fingerprint density at radius 1 is 1.04 bits per heavy atom. The number of nitrogens with one attached hydrogen (secondary N) is 2. The number of amides is 2. The lowest BCUT2D eigenvalue weighted by Gasteiger charge is -2.14. The van der Waals surface area contributed by atoms with Crippen LogP contribution in [0.4, 0.5) is 10.5 Å². The standard InChI is InChI=1S/C21H22N2O2/c1-15-6-4-9-17(14-15)23-21(25)22-13-12-20(24)19-11-5-8-16-7-2-3-10-18(16)19/h2-11,14,20,24H,12-13H2,1H3,(H2,22,23,25). The highest BCUT2D eigenvalue weighted by Crippen LogP contribution is 2.25. The van der Waals surface area contributed by atoms with Gasteiger partial charge in [-0.15, -0.1) is 0 Å². The van der Waals surface area contributed by atoms with Crippen LogP contribution in [0.2, 0.25) is 0 Å². The first kappa shape index (κ1) is 17.0. The summed E-state index contributed by atoms with van der Waals surface area (Å²) in [4.78, 5) is 12.0. The summed E-state index contributed by atoms with van der Waals surface area (Å²) < 4.78 is 0. The number of benzene rings is 3. The molecule has 0 fully saturated rings. The van der Waals surface area contributed by atoms with Gasteiger partial charge in [0.05, 0.1) is 6.10 Å². The van der Waals surface area contributed by atoms with E-state index in [0.29, 0.717) is 13.0 Å². The van der Waals surface area contributed by atoms with E-state index >= 15 is 0 Å². The number of hydrogen-bond acceptors (Lipinski definition) is 2. The fourth-order valence-electron chi connectivity index (χ4n) is 2.92. The first-order valence-electron chi connectivity index (χ1n) is 8.41. The van der Waals surface area contributed by atoms with E-state index in [0.717, 1.165) is 27.6 Å². The molecule has 3 N–H and O–H groups in total. The smallest absolute Gasteiger partial charge is 0.319 e. The Morgan fingerprint density at radius 3 is 2.64 bits per heavy atom. The predicted molar refractivity (Wildman–Crippen MR) is 102 cm³/mol. The summed E-state index contributed by atoms with van der Waals surface area (Å²) in [6.45, 7) is 2.37. The third-order valence-corrected chi connectivity index (χ3v) is 4.16. The molecule has 4 nitrogen and oxygen atoms in total. The Kier molecular flexibility index (Phi) is 5.31. The summed E-state index contributed by atoms with van der Waals surface area (Å²) in [7, 11) is 0. The molecule has 0 heterocycles. The molecule has 0 saturated heterocycles. The molecule has 0 spiro atoms. The van der Waals surface area contributed by atoms with Crippen LogP contribution in [0.25, 0.3) is 10.8 Å². The van der Waals surface area contributed by atoms with E-state index in [4.69, 9.17) is 0 Å². The van der Waals surface area contributed by atoms with Gasteiger partial charge < -0.3 is 15.7 Å². The zero-order valence-electron chi connectivity index (χ0n) is 14.2. The summed E-state index contributed by atoms with van der Waals surface area (Å²) in [6, 6.07) is 21.2. The number of carbonyl (C=O) groups excluding carboxylic acids is 1. The second kappa shape index (κ2) is 7.81. The number of aliphatic hydroxyl groups excluding tert-OH is 1. The molecule has 3 aromatic rings.